The second-order valence-electron chi connectivity index (χ2n) is 4.22. The highest BCUT2D eigenvalue weighted by Gasteiger charge is 2.21. The van der Waals surface area contributed by atoms with Crippen LogP contribution in [0.4, 0.5) is 0 Å². The summed E-state index contributed by atoms with van der Waals surface area (Å²) < 4.78 is 0. The van der Waals surface area contributed by atoms with Gasteiger partial charge in [-0.05, 0) is 20.0 Å². The average molecular weight is 232 g/mol. The largest absolute Gasteiger partial charge is 0.312 e. The van der Waals surface area contributed by atoms with Crippen LogP contribution in [0, 0.1) is 0 Å². The van der Waals surface area contributed by atoms with Gasteiger partial charge in [-0.3, -0.25) is 0 Å². The zero-order valence-corrected chi connectivity index (χ0v) is 10.5. The Morgan fingerprint density at radius 3 is 3.00 bits per heavy atom. The Bertz CT molecular complexity index is 167. The molecule has 0 aromatic rings. The van der Waals surface area contributed by atoms with Crippen LogP contribution in [0.1, 0.15) is 6.42 Å². The molecule has 0 bridgehead atoms. The molecule has 2 aliphatic rings. The van der Waals surface area contributed by atoms with Gasteiger partial charge in [0.15, 0.2) is 0 Å². The summed E-state index contributed by atoms with van der Waals surface area (Å²) in [5.74, 6) is 4.05. The summed E-state index contributed by atoms with van der Waals surface area (Å²) in [5, 5.41) is 4.57. The van der Waals surface area contributed by atoms with Crippen LogP contribution in [0.2, 0.25) is 0 Å². The lowest BCUT2D eigenvalue weighted by Gasteiger charge is -2.23. The maximum atomic E-state index is 3.71. The highest BCUT2D eigenvalue weighted by Crippen LogP contribution is 2.23. The molecule has 2 nitrogen and oxygen atoms in total. The first-order chi connectivity index (χ1) is 6.84. The number of nitrogens with one attached hydrogen (secondary N) is 1. The van der Waals surface area contributed by atoms with Crippen LogP contribution in [-0.4, -0.2) is 60.1 Å². The highest BCUT2D eigenvalue weighted by atomic mass is 32.2. The third-order valence-electron chi connectivity index (χ3n) is 2.91. The van der Waals surface area contributed by atoms with E-state index in [1.165, 1.54) is 43.3 Å². The molecule has 82 valence electrons. The quantitative estimate of drug-likeness (QED) is 0.784. The summed E-state index contributed by atoms with van der Waals surface area (Å²) in [7, 11) is 2.22. The lowest BCUT2D eigenvalue weighted by Crippen LogP contribution is -2.37. The maximum absolute atomic E-state index is 3.71. The molecule has 2 unspecified atom stereocenters. The van der Waals surface area contributed by atoms with Gasteiger partial charge in [-0.15, -0.1) is 0 Å². The molecule has 2 rings (SSSR count). The molecule has 0 saturated carbocycles. The van der Waals surface area contributed by atoms with Crippen LogP contribution in [-0.2, 0) is 0 Å². The van der Waals surface area contributed by atoms with E-state index in [4.69, 9.17) is 0 Å². The van der Waals surface area contributed by atoms with Crippen molar-refractivity contribution < 1.29 is 0 Å². The van der Waals surface area contributed by atoms with Crippen molar-refractivity contribution in [3.05, 3.63) is 0 Å². The monoisotopic (exact) mass is 232 g/mol. The first-order valence-electron chi connectivity index (χ1n) is 5.46. The van der Waals surface area contributed by atoms with Gasteiger partial charge in [0.05, 0.1) is 0 Å². The summed E-state index contributed by atoms with van der Waals surface area (Å²) in [6, 6.07) is 0.757. The molecule has 0 aromatic heterocycles. The molecule has 2 atom stereocenters. The summed E-state index contributed by atoms with van der Waals surface area (Å²) in [6.45, 7) is 3.73. The number of thioether (sulfide) groups is 2. The van der Waals surface area contributed by atoms with Gasteiger partial charge in [0.2, 0.25) is 0 Å². The first kappa shape index (κ1) is 11.1. The fourth-order valence-corrected chi connectivity index (χ4v) is 4.68. The Labute approximate surface area is 95.6 Å². The van der Waals surface area contributed by atoms with E-state index in [2.05, 4.69) is 40.8 Å². The SMILES string of the molecule is CN1CCC(NCC2CSCCS2)C1. The number of hydrogen-bond donors (Lipinski definition) is 1. The zero-order valence-electron chi connectivity index (χ0n) is 8.87. The summed E-state index contributed by atoms with van der Waals surface area (Å²) in [4.78, 5) is 2.42. The number of hydrogen-bond acceptors (Lipinski definition) is 4. The molecule has 0 radical (unpaired) electrons. The van der Waals surface area contributed by atoms with Gasteiger partial charge in [0.25, 0.3) is 0 Å². The van der Waals surface area contributed by atoms with Crippen molar-refractivity contribution in [2.24, 2.45) is 0 Å². The van der Waals surface area contributed by atoms with E-state index >= 15 is 0 Å². The number of likely N-dealkylation sites (tertiary alicyclic amines) is 1. The molecule has 0 aliphatic carbocycles. The number of nitrogens with zero attached hydrogens (tertiary/aromatic N) is 1. The predicted octanol–water partition coefficient (Wildman–Crippen LogP) is 1.13. The summed E-state index contributed by atoms with van der Waals surface area (Å²) in [6.07, 6.45) is 1.33. The number of likely N-dealkylation sites (N-methyl/N-ethyl adjacent to an activating group) is 1. The van der Waals surface area contributed by atoms with Crippen molar-refractivity contribution in [1.29, 1.82) is 0 Å². The van der Waals surface area contributed by atoms with E-state index in [0.717, 1.165) is 11.3 Å². The second-order valence-corrected chi connectivity index (χ2v) is 6.78. The Morgan fingerprint density at radius 1 is 1.43 bits per heavy atom. The molecule has 2 saturated heterocycles. The average Bonchev–Trinajstić information content (AvgIpc) is 2.63. The van der Waals surface area contributed by atoms with Gasteiger partial charge < -0.3 is 10.2 Å². The minimum Gasteiger partial charge on any atom is -0.312 e. The second kappa shape index (κ2) is 5.64. The van der Waals surface area contributed by atoms with Crippen molar-refractivity contribution in [1.82, 2.24) is 10.2 Å². The molecule has 14 heavy (non-hydrogen) atoms. The molecule has 4 heteroatoms. The molecule has 0 spiro atoms. The molecule has 1 N–H and O–H groups in total. The predicted molar refractivity (Wildman–Crippen MR) is 67.5 cm³/mol. The Morgan fingerprint density at radius 2 is 2.36 bits per heavy atom. The van der Waals surface area contributed by atoms with Gasteiger partial charge in [-0.25, -0.2) is 0 Å². The first-order valence-corrected chi connectivity index (χ1v) is 7.66. The van der Waals surface area contributed by atoms with E-state index in [-0.39, 0.29) is 0 Å². The molecule has 2 heterocycles. The smallest absolute Gasteiger partial charge is 0.0263 e. The standard InChI is InChI=1S/C10H20N2S2/c1-12-3-2-9(7-12)11-6-10-8-13-4-5-14-10/h9-11H,2-8H2,1H3. The zero-order chi connectivity index (χ0) is 9.80. The van der Waals surface area contributed by atoms with E-state index in [1.54, 1.807) is 0 Å². The van der Waals surface area contributed by atoms with Gasteiger partial charge in [0.1, 0.15) is 0 Å². The molecule has 0 aromatic carbocycles. The molecule has 2 fully saturated rings. The fourth-order valence-electron chi connectivity index (χ4n) is 2.05. The van der Waals surface area contributed by atoms with Gasteiger partial charge in [-0.1, -0.05) is 0 Å². The molecule has 0 amide bonds. The fraction of sp³-hybridized carbons (Fsp3) is 1.00. The highest BCUT2D eigenvalue weighted by molar-refractivity contribution is 8.06. The lowest BCUT2D eigenvalue weighted by molar-refractivity contribution is 0.398. The van der Waals surface area contributed by atoms with Crippen LogP contribution in [0.3, 0.4) is 0 Å². The van der Waals surface area contributed by atoms with E-state index in [9.17, 15) is 0 Å². The minimum absolute atomic E-state index is 0.757. The Hall–Kier alpha value is 0.620. The van der Waals surface area contributed by atoms with Crippen molar-refractivity contribution in [2.45, 2.75) is 17.7 Å². The van der Waals surface area contributed by atoms with E-state index in [0.29, 0.717) is 0 Å². The van der Waals surface area contributed by atoms with Crippen LogP contribution in [0.5, 0.6) is 0 Å². The third-order valence-corrected chi connectivity index (χ3v) is 5.76. The maximum Gasteiger partial charge on any atom is 0.0263 e. The molecular weight excluding hydrogens is 212 g/mol. The summed E-state index contributed by atoms with van der Waals surface area (Å²) in [5.41, 5.74) is 0. The van der Waals surface area contributed by atoms with Crippen LogP contribution in [0.15, 0.2) is 0 Å². The van der Waals surface area contributed by atoms with Crippen molar-refractivity contribution in [2.75, 3.05) is 43.9 Å². The van der Waals surface area contributed by atoms with Crippen molar-refractivity contribution in [3.63, 3.8) is 0 Å². The Kier molecular flexibility index (Phi) is 4.47. The summed E-state index contributed by atoms with van der Waals surface area (Å²) >= 11 is 4.27. The van der Waals surface area contributed by atoms with Crippen LogP contribution < -0.4 is 5.32 Å². The Balaban J connectivity index is 1.61. The van der Waals surface area contributed by atoms with E-state index < -0.39 is 0 Å². The third kappa shape index (κ3) is 3.33. The van der Waals surface area contributed by atoms with Crippen molar-refractivity contribution >= 4 is 23.5 Å². The van der Waals surface area contributed by atoms with Crippen molar-refractivity contribution in [3.8, 4) is 0 Å². The van der Waals surface area contributed by atoms with E-state index in [1.807, 2.05) is 0 Å². The van der Waals surface area contributed by atoms with Gasteiger partial charge in [-0.2, -0.15) is 23.5 Å². The van der Waals surface area contributed by atoms with Crippen LogP contribution >= 0.6 is 23.5 Å². The normalized spacial score (nSPS) is 34.9. The van der Waals surface area contributed by atoms with Gasteiger partial charge >= 0.3 is 0 Å². The molecular formula is C10H20N2S2. The lowest BCUT2D eigenvalue weighted by atomic mass is 10.2. The number of rotatable bonds is 3. The van der Waals surface area contributed by atoms with Crippen LogP contribution in [0.25, 0.3) is 0 Å². The minimum atomic E-state index is 0.757. The van der Waals surface area contributed by atoms with Gasteiger partial charge in [0, 0.05) is 41.6 Å². The topological polar surface area (TPSA) is 15.3 Å². The molecule has 2 aliphatic heterocycles.